The molecule has 1 aromatic rings. The molecule has 0 aliphatic rings. The number of carbonyl (C=O) groups is 1. The molecule has 0 heterocycles. The fourth-order valence-corrected chi connectivity index (χ4v) is 1.70. The van der Waals surface area contributed by atoms with Gasteiger partial charge in [0.05, 0.1) is 25.5 Å². The van der Waals surface area contributed by atoms with Crippen molar-refractivity contribution >= 4 is 16.1 Å². The first kappa shape index (κ1) is 14.3. The van der Waals surface area contributed by atoms with E-state index in [1.807, 2.05) is 0 Å². The van der Waals surface area contributed by atoms with Crippen molar-refractivity contribution in [2.24, 2.45) is 0 Å². The summed E-state index contributed by atoms with van der Waals surface area (Å²) in [6, 6.07) is 4.10. The minimum atomic E-state index is -3.65. The van der Waals surface area contributed by atoms with Gasteiger partial charge < -0.3 is 13.7 Å². The summed E-state index contributed by atoms with van der Waals surface area (Å²) >= 11 is 0. The van der Waals surface area contributed by atoms with Gasteiger partial charge >= 0.3 is 16.1 Å². The van der Waals surface area contributed by atoms with Crippen LogP contribution in [0.15, 0.2) is 18.2 Å². The summed E-state index contributed by atoms with van der Waals surface area (Å²) in [6.45, 7) is 1.94. The van der Waals surface area contributed by atoms with Crippen LogP contribution in [0.1, 0.15) is 17.3 Å². The van der Waals surface area contributed by atoms with Crippen molar-refractivity contribution in [1.29, 1.82) is 0 Å². The molecule has 0 bridgehead atoms. The van der Waals surface area contributed by atoms with Crippen molar-refractivity contribution in [3.05, 3.63) is 23.8 Å². The molecule has 0 fully saturated rings. The van der Waals surface area contributed by atoms with Crippen LogP contribution >= 0.6 is 0 Å². The van der Waals surface area contributed by atoms with Gasteiger partial charge in [-0.15, -0.1) is 0 Å². The van der Waals surface area contributed by atoms with Crippen LogP contribution in [0.2, 0.25) is 0 Å². The Morgan fingerprint density at radius 2 is 1.94 bits per heavy atom. The highest BCUT2D eigenvalue weighted by atomic mass is 32.2. The van der Waals surface area contributed by atoms with E-state index in [1.165, 1.54) is 25.3 Å². The first-order chi connectivity index (χ1) is 8.37. The van der Waals surface area contributed by atoms with Crippen LogP contribution in [0, 0.1) is 0 Å². The Hall–Kier alpha value is -1.76. The van der Waals surface area contributed by atoms with E-state index < -0.39 is 16.1 Å². The third-order valence-corrected chi connectivity index (χ3v) is 2.40. The molecule has 100 valence electrons. The Morgan fingerprint density at radius 1 is 1.28 bits per heavy atom. The number of carbonyl (C=O) groups excluding carboxylic acids is 1. The topological polar surface area (TPSA) is 78.9 Å². The smallest absolute Gasteiger partial charge is 0.338 e. The van der Waals surface area contributed by atoms with Crippen LogP contribution in [0.25, 0.3) is 0 Å². The Kier molecular flexibility index (Phi) is 4.55. The second kappa shape index (κ2) is 5.72. The molecular weight excluding hydrogens is 260 g/mol. The van der Waals surface area contributed by atoms with Gasteiger partial charge in [-0.2, -0.15) is 8.42 Å². The van der Waals surface area contributed by atoms with Crippen LogP contribution in [-0.4, -0.2) is 34.4 Å². The monoisotopic (exact) mass is 274 g/mol. The Labute approximate surface area is 106 Å². The maximum absolute atomic E-state index is 11.5. The van der Waals surface area contributed by atoms with E-state index in [9.17, 15) is 13.2 Å². The van der Waals surface area contributed by atoms with Gasteiger partial charge in [0.2, 0.25) is 0 Å². The van der Waals surface area contributed by atoms with Crippen LogP contribution in [0.3, 0.4) is 0 Å². The van der Waals surface area contributed by atoms with Gasteiger partial charge in [-0.25, -0.2) is 4.79 Å². The molecular formula is C11H14O6S. The molecule has 0 atom stereocenters. The van der Waals surface area contributed by atoms with Gasteiger partial charge in [0.1, 0.15) is 0 Å². The third-order valence-electron chi connectivity index (χ3n) is 1.92. The zero-order valence-electron chi connectivity index (χ0n) is 10.3. The Balaban J connectivity index is 3.07. The van der Waals surface area contributed by atoms with Gasteiger partial charge in [-0.05, 0) is 25.1 Å². The summed E-state index contributed by atoms with van der Waals surface area (Å²) in [4.78, 5) is 11.5. The average molecular weight is 274 g/mol. The molecule has 0 amide bonds. The van der Waals surface area contributed by atoms with E-state index in [1.54, 1.807) is 6.92 Å². The lowest BCUT2D eigenvalue weighted by Gasteiger charge is -2.10. The summed E-state index contributed by atoms with van der Waals surface area (Å²) in [5.41, 5.74) is 0.259. The van der Waals surface area contributed by atoms with Gasteiger partial charge in [0.25, 0.3) is 0 Å². The highest BCUT2D eigenvalue weighted by Crippen LogP contribution is 2.29. The van der Waals surface area contributed by atoms with Crippen molar-refractivity contribution in [2.45, 2.75) is 6.92 Å². The SMILES string of the molecule is CCOC(=O)c1ccc(OS(C)(=O)=O)c(OC)c1. The first-order valence-corrected chi connectivity index (χ1v) is 6.93. The summed E-state index contributed by atoms with van der Waals surface area (Å²) in [6.07, 6.45) is 0.922. The van der Waals surface area contributed by atoms with Gasteiger partial charge in [0.15, 0.2) is 11.5 Å². The molecule has 0 N–H and O–H groups in total. The molecule has 0 aliphatic heterocycles. The summed E-state index contributed by atoms with van der Waals surface area (Å²) in [7, 11) is -2.30. The lowest BCUT2D eigenvalue weighted by atomic mass is 10.2. The van der Waals surface area contributed by atoms with Crippen LogP contribution in [0.5, 0.6) is 11.5 Å². The van der Waals surface area contributed by atoms with Crippen molar-refractivity contribution in [1.82, 2.24) is 0 Å². The van der Waals surface area contributed by atoms with Crippen LogP contribution in [0.4, 0.5) is 0 Å². The minimum Gasteiger partial charge on any atom is -0.493 e. The largest absolute Gasteiger partial charge is 0.493 e. The van der Waals surface area contributed by atoms with Crippen molar-refractivity contribution in [2.75, 3.05) is 20.0 Å². The normalized spacial score (nSPS) is 10.8. The summed E-state index contributed by atoms with van der Waals surface area (Å²) < 4.78 is 36.5. The molecule has 0 aliphatic carbocycles. The van der Waals surface area contributed by atoms with E-state index >= 15 is 0 Å². The number of benzene rings is 1. The summed E-state index contributed by atoms with van der Waals surface area (Å²) in [5.74, 6) is -0.347. The fraction of sp³-hybridized carbons (Fsp3) is 0.364. The zero-order valence-corrected chi connectivity index (χ0v) is 11.1. The highest BCUT2D eigenvalue weighted by Gasteiger charge is 2.14. The first-order valence-electron chi connectivity index (χ1n) is 5.12. The van der Waals surface area contributed by atoms with E-state index in [2.05, 4.69) is 0 Å². The van der Waals surface area contributed by atoms with Crippen LogP contribution in [-0.2, 0) is 14.9 Å². The van der Waals surface area contributed by atoms with E-state index in [-0.39, 0.29) is 23.7 Å². The van der Waals surface area contributed by atoms with Crippen LogP contribution < -0.4 is 8.92 Å². The number of hydrogen-bond acceptors (Lipinski definition) is 6. The molecule has 18 heavy (non-hydrogen) atoms. The van der Waals surface area contributed by atoms with Crippen molar-refractivity contribution in [3.63, 3.8) is 0 Å². The third kappa shape index (κ3) is 3.92. The highest BCUT2D eigenvalue weighted by molar-refractivity contribution is 7.86. The molecule has 1 rings (SSSR count). The number of methoxy groups -OCH3 is 1. The number of rotatable bonds is 5. The second-order valence-electron chi connectivity index (χ2n) is 3.37. The Bertz CT molecular complexity index is 534. The predicted molar refractivity (Wildman–Crippen MR) is 64.4 cm³/mol. The van der Waals surface area contributed by atoms with Gasteiger partial charge in [0, 0.05) is 0 Å². The molecule has 0 unspecified atom stereocenters. The fourth-order valence-electron chi connectivity index (χ4n) is 1.24. The zero-order chi connectivity index (χ0) is 13.8. The number of ether oxygens (including phenoxy) is 2. The quantitative estimate of drug-likeness (QED) is 0.593. The average Bonchev–Trinajstić information content (AvgIpc) is 2.27. The standard InChI is InChI=1S/C11H14O6S/c1-4-16-11(12)8-5-6-9(10(7-8)15-2)17-18(3,13)14/h5-7H,4H2,1-3H3. The number of hydrogen-bond donors (Lipinski definition) is 0. The van der Waals surface area contributed by atoms with Crippen molar-refractivity contribution < 1.29 is 26.9 Å². The van der Waals surface area contributed by atoms with E-state index in [0.29, 0.717) is 0 Å². The Morgan fingerprint density at radius 3 is 2.44 bits per heavy atom. The van der Waals surface area contributed by atoms with Crippen molar-refractivity contribution in [3.8, 4) is 11.5 Å². The molecule has 0 saturated heterocycles. The van der Waals surface area contributed by atoms with Gasteiger partial charge in [-0.3, -0.25) is 0 Å². The lowest BCUT2D eigenvalue weighted by molar-refractivity contribution is 0.0526. The number of esters is 1. The second-order valence-corrected chi connectivity index (χ2v) is 4.95. The van der Waals surface area contributed by atoms with E-state index in [0.717, 1.165) is 6.26 Å². The van der Waals surface area contributed by atoms with Gasteiger partial charge in [-0.1, -0.05) is 0 Å². The molecule has 7 heteroatoms. The minimum absolute atomic E-state index is 0.0213. The lowest BCUT2D eigenvalue weighted by Crippen LogP contribution is -2.08. The molecule has 1 aromatic carbocycles. The molecule has 0 radical (unpaired) electrons. The maximum Gasteiger partial charge on any atom is 0.338 e. The molecule has 6 nitrogen and oxygen atoms in total. The molecule has 0 saturated carbocycles. The molecule has 0 aromatic heterocycles. The predicted octanol–water partition coefficient (Wildman–Crippen LogP) is 1.21. The van der Waals surface area contributed by atoms with E-state index in [4.69, 9.17) is 13.7 Å². The summed E-state index contributed by atoms with van der Waals surface area (Å²) in [5, 5.41) is 0. The molecule has 0 spiro atoms. The maximum atomic E-state index is 11.5.